The highest BCUT2D eigenvalue weighted by Crippen LogP contribution is 2.17. The van der Waals surface area contributed by atoms with E-state index in [1.807, 2.05) is 32.9 Å². The molecule has 0 aliphatic carbocycles. The summed E-state index contributed by atoms with van der Waals surface area (Å²) in [4.78, 5) is 8.61. The highest BCUT2D eigenvalue weighted by molar-refractivity contribution is 14.0. The Hall–Kier alpha value is -1.09. The molecule has 1 aliphatic rings. The minimum Gasteiger partial charge on any atom is -0.474 e. The lowest BCUT2D eigenvalue weighted by Gasteiger charge is -2.22. The Kier molecular flexibility index (Phi) is 8.04. The molecule has 1 aromatic rings. The van der Waals surface area contributed by atoms with E-state index in [-0.39, 0.29) is 35.6 Å². The van der Waals surface area contributed by atoms with E-state index in [0.29, 0.717) is 18.4 Å². The molecule has 0 spiro atoms. The van der Waals surface area contributed by atoms with Gasteiger partial charge in [0.25, 0.3) is 0 Å². The average Bonchev–Trinajstić information content (AvgIpc) is 2.45. The molecule has 0 saturated carbocycles. The fourth-order valence-corrected chi connectivity index (χ4v) is 2.18. The molecule has 7 heteroatoms. The van der Waals surface area contributed by atoms with Crippen LogP contribution in [0.3, 0.4) is 0 Å². The zero-order valence-electron chi connectivity index (χ0n) is 14.0. The van der Waals surface area contributed by atoms with Gasteiger partial charge in [-0.3, -0.25) is 0 Å². The molecule has 0 aromatic carbocycles. The Morgan fingerprint density at radius 3 is 2.78 bits per heavy atom. The number of pyridine rings is 1. The second kappa shape index (κ2) is 9.27. The van der Waals surface area contributed by atoms with Crippen molar-refractivity contribution in [2.45, 2.75) is 51.8 Å². The number of nitrogens with one attached hydrogen (secondary N) is 1. The summed E-state index contributed by atoms with van der Waals surface area (Å²) in [6.07, 6.45) is 3.75. The molecular formula is C16H27IN4O2. The first-order valence-corrected chi connectivity index (χ1v) is 7.70. The normalized spacial score (nSPS) is 16.6. The standard InChI is InChI=1S/C16H26N4O2.HI/c1-16(2,3)20-15(17)19-11-12-4-7-18-14(10-12)22-13-5-8-21-9-6-13;/h4,7,10,13H,5-6,8-9,11H2,1-3H3,(H3,17,19,20);1H. The van der Waals surface area contributed by atoms with Crippen LogP contribution in [0.5, 0.6) is 5.88 Å². The number of ether oxygens (including phenoxy) is 2. The highest BCUT2D eigenvalue weighted by Gasteiger charge is 2.16. The maximum absolute atomic E-state index is 5.90. The molecular weight excluding hydrogens is 407 g/mol. The molecule has 1 aromatic heterocycles. The van der Waals surface area contributed by atoms with Crippen LogP contribution in [0.2, 0.25) is 0 Å². The lowest BCUT2D eigenvalue weighted by molar-refractivity contribution is 0.0237. The number of aromatic nitrogens is 1. The number of nitrogens with zero attached hydrogens (tertiary/aromatic N) is 2. The van der Waals surface area contributed by atoms with Crippen molar-refractivity contribution in [2.75, 3.05) is 13.2 Å². The van der Waals surface area contributed by atoms with Crippen molar-refractivity contribution in [1.82, 2.24) is 10.3 Å². The number of halogens is 1. The summed E-state index contributed by atoms with van der Waals surface area (Å²) in [6, 6.07) is 3.84. The van der Waals surface area contributed by atoms with Gasteiger partial charge in [0.05, 0.1) is 19.8 Å². The van der Waals surface area contributed by atoms with Gasteiger partial charge in [0.2, 0.25) is 5.88 Å². The second-order valence-corrected chi connectivity index (χ2v) is 6.51. The van der Waals surface area contributed by atoms with Crippen molar-refractivity contribution >= 4 is 29.9 Å². The van der Waals surface area contributed by atoms with Crippen LogP contribution in [-0.2, 0) is 11.3 Å². The maximum atomic E-state index is 5.90. The van der Waals surface area contributed by atoms with Crippen LogP contribution >= 0.6 is 24.0 Å². The van der Waals surface area contributed by atoms with Crippen LogP contribution in [0, 0.1) is 0 Å². The number of aliphatic imine (C=N–C) groups is 1. The number of hydrogen-bond donors (Lipinski definition) is 2. The van der Waals surface area contributed by atoms with Crippen molar-refractivity contribution in [1.29, 1.82) is 0 Å². The quantitative estimate of drug-likeness (QED) is 0.432. The maximum Gasteiger partial charge on any atom is 0.213 e. The van der Waals surface area contributed by atoms with E-state index in [0.717, 1.165) is 31.6 Å². The van der Waals surface area contributed by atoms with Crippen LogP contribution in [0.4, 0.5) is 0 Å². The molecule has 0 radical (unpaired) electrons. The van der Waals surface area contributed by atoms with Gasteiger partial charge in [-0.15, -0.1) is 24.0 Å². The van der Waals surface area contributed by atoms with Gasteiger partial charge < -0.3 is 20.5 Å². The monoisotopic (exact) mass is 434 g/mol. The Balaban J connectivity index is 0.00000264. The third-order valence-electron chi connectivity index (χ3n) is 3.19. The largest absolute Gasteiger partial charge is 0.474 e. The van der Waals surface area contributed by atoms with Crippen molar-refractivity contribution in [3.05, 3.63) is 23.9 Å². The molecule has 2 rings (SSSR count). The van der Waals surface area contributed by atoms with Gasteiger partial charge in [0, 0.05) is 30.6 Å². The fourth-order valence-electron chi connectivity index (χ4n) is 2.18. The molecule has 0 unspecified atom stereocenters. The van der Waals surface area contributed by atoms with Crippen molar-refractivity contribution in [3.8, 4) is 5.88 Å². The van der Waals surface area contributed by atoms with Crippen molar-refractivity contribution in [3.63, 3.8) is 0 Å². The summed E-state index contributed by atoms with van der Waals surface area (Å²) in [7, 11) is 0. The van der Waals surface area contributed by atoms with Crippen LogP contribution in [0.1, 0.15) is 39.2 Å². The van der Waals surface area contributed by atoms with E-state index in [1.54, 1.807) is 6.20 Å². The first-order valence-electron chi connectivity index (χ1n) is 7.70. The third-order valence-corrected chi connectivity index (χ3v) is 3.19. The van der Waals surface area contributed by atoms with Gasteiger partial charge >= 0.3 is 0 Å². The minimum atomic E-state index is -0.0941. The van der Waals surface area contributed by atoms with Crippen LogP contribution in [0.15, 0.2) is 23.3 Å². The Labute approximate surface area is 155 Å². The fraction of sp³-hybridized carbons (Fsp3) is 0.625. The van der Waals surface area contributed by atoms with Gasteiger partial charge in [-0.05, 0) is 32.4 Å². The summed E-state index contributed by atoms with van der Waals surface area (Å²) >= 11 is 0. The van der Waals surface area contributed by atoms with Gasteiger partial charge in [-0.25, -0.2) is 9.98 Å². The second-order valence-electron chi connectivity index (χ2n) is 6.51. The Bertz CT molecular complexity index is 511. The van der Waals surface area contributed by atoms with E-state index in [9.17, 15) is 0 Å². The molecule has 130 valence electrons. The van der Waals surface area contributed by atoms with Gasteiger partial charge in [0.1, 0.15) is 6.10 Å². The molecule has 1 saturated heterocycles. The summed E-state index contributed by atoms with van der Waals surface area (Å²) in [5.74, 6) is 1.08. The number of nitrogens with two attached hydrogens (primary N) is 1. The Morgan fingerprint density at radius 1 is 1.43 bits per heavy atom. The predicted molar refractivity (Wildman–Crippen MR) is 102 cm³/mol. The third kappa shape index (κ3) is 7.83. The van der Waals surface area contributed by atoms with Crippen LogP contribution in [-0.4, -0.2) is 35.8 Å². The van der Waals surface area contributed by atoms with E-state index in [2.05, 4.69) is 15.3 Å². The molecule has 0 amide bonds. The zero-order valence-corrected chi connectivity index (χ0v) is 16.4. The molecule has 3 N–H and O–H groups in total. The van der Waals surface area contributed by atoms with Crippen molar-refractivity contribution in [2.24, 2.45) is 10.7 Å². The smallest absolute Gasteiger partial charge is 0.213 e. The predicted octanol–water partition coefficient (Wildman–Crippen LogP) is 2.46. The minimum absolute atomic E-state index is 0. The molecule has 6 nitrogen and oxygen atoms in total. The molecule has 0 bridgehead atoms. The van der Waals surface area contributed by atoms with Gasteiger partial charge in [-0.2, -0.15) is 0 Å². The van der Waals surface area contributed by atoms with E-state index < -0.39 is 0 Å². The first-order chi connectivity index (χ1) is 10.4. The topological polar surface area (TPSA) is 81.8 Å². The summed E-state index contributed by atoms with van der Waals surface area (Å²) < 4.78 is 11.2. The first kappa shape index (κ1) is 20.0. The zero-order chi connectivity index (χ0) is 16.0. The lowest BCUT2D eigenvalue weighted by Crippen LogP contribution is -2.44. The summed E-state index contributed by atoms with van der Waals surface area (Å²) in [6.45, 7) is 8.14. The van der Waals surface area contributed by atoms with Crippen LogP contribution < -0.4 is 15.8 Å². The molecule has 23 heavy (non-hydrogen) atoms. The van der Waals surface area contributed by atoms with E-state index in [1.165, 1.54) is 0 Å². The summed E-state index contributed by atoms with van der Waals surface area (Å²) in [5.41, 5.74) is 6.80. The van der Waals surface area contributed by atoms with Gasteiger partial charge in [-0.1, -0.05) is 0 Å². The average molecular weight is 434 g/mol. The SMILES string of the molecule is CC(C)(C)NC(N)=NCc1ccnc(OC2CCOCC2)c1.I. The van der Waals surface area contributed by atoms with E-state index >= 15 is 0 Å². The highest BCUT2D eigenvalue weighted by atomic mass is 127. The van der Waals surface area contributed by atoms with Crippen LogP contribution in [0.25, 0.3) is 0 Å². The number of hydrogen-bond acceptors (Lipinski definition) is 4. The molecule has 0 atom stereocenters. The van der Waals surface area contributed by atoms with E-state index in [4.69, 9.17) is 15.2 Å². The van der Waals surface area contributed by atoms with Crippen molar-refractivity contribution < 1.29 is 9.47 Å². The molecule has 1 fully saturated rings. The molecule has 2 heterocycles. The number of guanidine groups is 1. The van der Waals surface area contributed by atoms with Gasteiger partial charge in [0.15, 0.2) is 5.96 Å². The Morgan fingerprint density at radius 2 is 2.13 bits per heavy atom. The molecule has 1 aliphatic heterocycles. The lowest BCUT2D eigenvalue weighted by atomic mass is 10.1. The summed E-state index contributed by atoms with van der Waals surface area (Å²) in [5, 5.41) is 3.14. The number of rotatable bonds is 4.